The van der Waals surface area contributed by atoms with Gasteiger partial charge < -0.3 is 10.4 Å². The highest BCUT2D eigenvalue weighted by atomic mass is 16.4. The summed E-state index contributed by atoms with van der Waals surface area (Å²) in [6, 6.07) is 0. The zero-order chi connectivity index (χ0) is 9.26. The van der Waals surface area contributed by atoms with E-state index < -0.39 is 5.97 Å². The summed E-state index contributed by atoms with van der Waals surface area (Å²) in [6.45, 7) is 1.82. The Labute approximate surface area is 78.5 Å². The third-order valence-corrected chi connectivity index (χ3v) is 3.51. The molecule has 0 amide bonds. The average molecular weight is 183 g/mol. The summed E-state index contributed by atoms with van der Waals surface area (Å²) >= 11 is 0. The number of carboxylic acids is 1. The van der Waals surface area contributed by atoms with E-state index in [-0.39, 0.29) is 5.92 Å². The van der Waals surface area contributed by atoms with Crippen LogP contribution >= 0.6 is 0 Å². The Morgan fingerprint density at radius 1 is 1.23 bits per heavy atom. The van der Waals surface area contributed by atoms with Crippen LogP contribution in [0.1, 0.15) is 25.7 Å². The van der Waals surface area contributed by atoms with Crippen LogP contribution in [-0.2, 0) is 4.79 Å². The van der Waals surface area contributed by atoms with Crippen LogP contribution in [0.25, 0.3) is 0 Å². The van der Waals surface area contributed by atoms with Gasteiger partial charge in [-0.3, -0.25) is 4.79 Å². The van der Waals surface area contributed by atoms with Gasteiger partial charge in [0.25, 0.3) is 0 Å². The summed E-state index contributed by atoms with van der Waals surface area (Å²) in [4.78, 5) is 11.1. The molecule has 1 heterocycles. The van der Waals surface area contributed by atoms with Crippen LogP contribution in [-0.4, -0.2) is 24.2 Å². The molecule has 2 aliphatic rings. The number of hydrogen-bond acceptors (Lipinski definition) is 2. The number of aliphatic carboxylic acids is 1. The predicted octanol–water partition coefficient (Wildman–Crippen LogP) is 1.10. The van der Waals surface area contributed by atoms with Gasteiger partial charge in [-0.25, -0.2) is 0 Å². The molecule has 1 aliphatic carbocycles. The summed E-state index contributed by atoms with van der Waals surface area (Å²) in [5.74, 6) is 0.229. The Morgan fingerprint density at radius 3 is 2.23 bits per heavy atom. The van der Waals surface area contributed by atoms with Crippen LogP contribution in [0, 0.1) is 17.8 Å². The minimum Gasteiger partial charge on any atom is -0.481 e. The van der Waals surface area contributed by atoms with Gasteiger partial charge >= 0.3 is 5.97 Å². The lowest BCUT2D eigenvalue weighted by Gasteiger charge is -2.35. The molecule has 74 valence electrons. The molecule has 1 aliphatic heterocycles. The van der Waals surface area contributed by atoms with Crippen LogP contribution in [0.5, 0.6) is 0 Å². The van der Waals surface area contributed by atoms with Crippen molar-refractivity contribution in [3.63, 3.8) is 0 Å². The van der Waals surface area contributed by atoms with Crippen molar-refractivity contribution in [2.24, 2.45) is 17.8 Å². The number of rotatable bonds is 3. The van der Waals surface area contributed by atoms with Gasteiger partial charge in [-0.15, -0.1) is 0 Å². The Kier molecular flexibility index (Phi) is 2.54. The zero-order valence-electron chi connectivity index (χ0n) is 7.83. The summed E-state index contributed by atoms with van der Waals surface area (Å²) < 4.78 is 0. The van der Waals surface area contributed by atoms with Gasteiger partial charge in [-0.05, 0) is 24.7 Å². The first-order chi connectivity index (χ1) is 6.29. The molecule has 0 aromatic carbocycles. The number of carbonyl (C=O) groups is 1. The molecule has 2 N–H and O–H groups in total. The van der Waals surface area contributed by atoms with Gasteiger partial charge in [0, 0.05) is 13.1 Å². The van der Waals surface area contributed by atoms with E-state index in [0.29, 0.717) is 11.8 Å². The van der Waals surface area contributed by atoms with Gasteiger partial charge in [0.15, 0.2) is 0 Å². The maximum atomic E-state index is 11.1. The lowest BCUT2D eigenvalue weighted by molar-refractivity contribution is -0.146. The molecule has 0 bridgehead atoms. The SMILES string of the molecule is O=C(O)C(C1CCCC1)C1CNC1. The quantitative estimate of drug-likeness (QED) is 0.688. The second-order valence-electron chi connectivity index (χ2n) is 4.33. The summed E-state index contributed by atoms with van der Waals surface area (Å²) in [5.41, 5.74) is 0. The summed E-state index contributed by atoms with van der Waals surface area (Å²) in [7, 11) is 0. The maximum Gasteiger partial charge on any atom is 0.307 e. The van der Waals surface area contributed by atoms with Crippen LogP contribution < -0.4 is 5.32 Å². The molecule has 13 heavy (non-hydrogen) atoms. The number of nitrogens with one attached hydrogen (secondary N) is 1. The first-order valence-corrected chi connectivity index (χ1v) is 5.22. The molecular weight excluding hydrogens is 166 g/mol. The molecule has 1 unspecified atom stereocenters. The van der Waals surface area contributed by atoms with Crippen LogP contribution in [0.4, 0.5) is 0 Å². The lowest BCUT2D eigenvalue weighted by Crippen LogP contribution is -2.50. The third-order valence-electron chi connectivity index (χ3n) is 3.51. The first-order valence-electron chi connectivity index (χ1n) is 5.22. The Morgan fingerprint density at radius 2 is 1.85 bits per heavy atom. The van der Waals surface area contributed by atoms with Gasteiger partial charge in [-0.2, -0.15) is 0 Å². The predicted molar refractivity (Wildman–Crippen MR) is 49.4 cm³/mol. The van der Waals surface area contributed by atoms with Gasteiger partial charge in [0.1, 0.15) is 0 Å². The van der Waals surface area contributed by atoms with E-state index in [1.54, 1.807) is 0 Å². The molecule has 0 radical (unpaired) electrons. The van der Waals surface area contributed by atoms with Crippen molar-refractivity contribution in [1.82, 2.24) is 5.32 Å². The molecule has 0 aromatic heterocycles. The maximum absolute atomic E-state index is 11.1. The van der Waals surface area contributed by atoms with E-state index >= 15 is 0 Å². The second-order valence-corrected chi connectivity index (χ2v) is 4.33. The van der Waals surface area contributed by atoms with Crippen molar-refractivity contribution >= 4 is 5.97 Å². The molecule has 3 nitrogen and oxygen atoms in total. The smallest absolute Gasteiger partial charge is 0.307 e. The highest BCUT2D eigenvalue weighted by Gasteiger charge is 2.39. The van der Waals surface area contributed by atoms with E-state index in [2.05, 4.69) is 5.32 Å². The summed E-state index contributed by atoms with van der Waals surface area (Å²) in [5, 5.41) is 12.3. The van der Waals surface area contributed by atoms with Crippen molar-refractivity contribution < 1.29 is 9.90 Å². The Hall–Kier alpha value is -0.570. The number of carboxylic acid groups (broad SMARTS) is 1. The highest BCUT2D eigenvalue weighted by molar-refractivity contribution is 5.71. The fourth-order valence-corrected chi connectivity index (χ4v) is 2.67. The van der Waals surface area contributed by atoms with Crippen molar-refractivity contribution in [2.45, 2.75) is 25.7 Å². The third kappa shape index (κ3) is 1.70. The molecule has 0 aromatic rings. The van der Waals surface area contributed by atoms with Crippen molar-refractivity contribution in [1.29, 1.82) is 0 Å². The Balaban J connectivity index is 1.98. The normalized spacial score (nSPS) is 27.1. The fraction of sp³-hybridized carbons (Fsp3) is 0.900. The molecule has 3 heteroatoms. The van der Waals surface area contributed by atoms with Crippen molar-refractivity contribution in [3.05, 3.63) is 0 Å². The monoisotopic (exact) mass is 183 g/mol. The molecular formula is C10H17NO2. The lowest BCUT2D eigenvalue weighted by atomic mass is 9.77. The van der Waals surface area contributed by atoms with Gasteiger partial charge in [0.05, 0.1) is 5.92 Å². The largest absolute Gasteiger partial charge is 0.481 e. The highest BCUT2D eigenvalue weighted by Crippen LogP contribution is 2.36. The zero-order valence-corrected chi connectivity index (χ0v) is 7.83. The van der Waals surface area contributed by atoms with E-state index in [9.17, 15) is 4.79 Å². The number of hydrogen-bond donors (Lipinski definition) is 2. The topological polar surface area (TPSA) is 49.3 Å². The average Bonchev–Trinajstić information content (AvgIpc) is 2.46. The van der Waals surface area contributed by atoms with Crippen molar-refractivity contribution in [3.8, 4) is 0 Å². The van der Waals surface area contributed by atoms with Gasteiger partial charge in [-0.1, -0.05) is 12.8 Å². The van der Waals surface area contributed by atoms with Crippen molar-refractivity contribution in [2.75, 3.05) is 13.1 Å². The van der Waals surface area contributed by atoms with Crippen LogP contribution in [0.2, 0.25) is 0 Å². The minimum absolute atomic E-state index is 0.0660. The Bertz CT molecular complexity index is 195. The first kappa shape index (κ1) is 9.00. The van der Waals surface area contributed by atoms with Crippen LogP contribution in [0.3, 0.4) is 0 Å². The molecule has 2 rings (SSSR count). The van der Waals surface area contributed by atoms with E-state index in [1.165, 1.54) is 12.8 Å². The molecule has 1 saturated heterocycles. The molecule has 2 fully saturated rings. The molecule has 1 atom stereocenters. The second kappa shape index (κ2) is 3.66. The van der Waals surface area contributed by atoms with E-state index in [0.717, 1.165) is 25.9 Å². The summed E-state index contributed by atoms with van der Waals surface area (Å²) in [6.07, 6.45) is 4.73. The van der Waals surface area contributed by atoms with Gasteiger partial charge in [0.2, 0.25) is 0 Å². The molecule has 0 spiro atoms. The fourth-order valence-electron chi connectivity index (χ4n) is 2.67. The minimum atomic E-state index is -0.571. The molecule has 1 saturated carbocycles. The van der Waals surface area contributed by atoms with E-state index in [1.807, 2.05) is 0 Å². The van der Waals surface area contributed by atoms with Crippen LogP contribution in [0.15, 0.2) is 0 Å². The standard InChI is InChI=1S/C10H17NO2/c12-10(13)9(8-5-11-6-8)7-3-1-2-4-7/h7-9,11H,1-6H2,(H,12,13). The van der Waals surface area contributed by atoms with E-state index in [4.69, 9.17) is 5.11 Å².